The topological polar surface area (TPSA) is 15.3 Å². The van der Waals surface area contributed by atoms with Gasteiger partial charge in [0.15, 0.2) is 0 Å². The molecule has 1 saturated carbocycles. The fourth-order valence-electron chi connectivity index (χ4n) is 3.76. The quantitative estimate of drug-likeness (QED) is 0.855. The van der Waals surface area contributed by atoms with Crippen LogP contribution in [0.2, 0.25) is 0 Å². The highest BCUT2D eigenvalue weighted by Crippen LogP contribution is 2.37. The van der Waals surface area contributed by atoms with Crippen LogP contribution in [0.15, 0.2) is 30.3 Å². The van der Waals surface area contributed by atoms with Gasteiger partial charge in [0.25, 0.3) is 0 Å². The number of nitrogens with zero attached hydrogens (tertiary/aromatic N) is 1. The summed E-state index contributed by atoms with van der Waals surface area (Å²) < 4.78 is 0. The number of piperidine rings is 1. The van der Waals surface area contributed by atoms with Gasteiger partial charge >= 0.3 is 0 Å². The Kier molecular flexibility index (Phi) is 3.17. The Balaban J connectivity index is 1.65. The van der Waals surface area contributed by atoms with E-state index >= 15 is 0 Å². The summed E-state index contributed by atoms with van der Waals surface area (Å²) in [4.78, 5) is 2.64. The van der Waals surface area contributed by atoms with Crippen molar-refractivity contribution >= 4 is 0 Å². The Hall–Kier alpha value is -0.860. The van der Waals surface area contributed by atoms with Gasteiger partial charge in [-0.25, -0.2) is 0 Å². The first-order valence-corrected chi connectivity index (χ1v) is 6.80. The van der Waals surface area contributed by atoms with E-state index in [1.807, 2.05) is 0 Å². The van der Waals surface area contributed by atoms with Crippen molar-refractivity contribution in [1.29, 1.82) is 0 Å². The number of rotatable bonds is 3. The van der Waals surface area contributed by atoms with E-state index < -0.39 is 0 Å². The van der Waals surface area contributed by atoms with Crippen molar-refractivity contribution in [2.24, 2.45) is 11.8 Å². The molecule has 2 unspecified atom stereocenters. The van der Waals surface area contributed by atoms with Crippen molar-refractivity contribution in [3.05, 3.63) is 35.9 Å². The van der Waals surface area contributed by atoms with Gasteiger partial charge in [0.2, 0.25) is 0 Å². The summed E-state index contributed by atoms with van der Waals surface area (Å²) in [7, 11) is 2.13. The molecular formula is C15H22N2. The number of nitrogens with one attached hydrogen (secondary N) is 1. The lowest BCUT2D eigenvalue weighted by Crippen LogP contribution is -2.49. The zero-order valence-electron chi connectivity index (χ0n) is 10.6. The molecule has 2 fully saturated rings. The summed E-state index contributed by atoms with van der Waals surface area (Å²) >= 11 is 0. The van der Waals surface area contributed by atoms with E-state index in [4.69, 9.17) is 0 Å². The highest BCUT2D eigenvalue weighted by atomic mass is 15.2. The summed E-state index contributed by atoms with van der Waals surface area (Å²) in [5.74, 6) is 1.75. The number of hydrogen-bond acceptors (Lipinski definition) is 2. The molecule has 0 spiro atoms. The van der Waals surface area contributed by atoms with Crippen LogP contribution >= 0.6 is 0 Å². The third-order valence-electron chi connectivity index (χ3n) is 4.49. The molecule has 3 rings (SSSR count). The molecule has 1 saturated heterocycles. The molecule has 1 aliphatic carbocycles. The fourth-order valence-corrected chi connectivity index (χ4v) is 3.76. The minimum Gasteiger partial charge on any atom is -0.316 e. The van der Waals surface area contributed by atoms with Crippen LogP contribution in [-0.4, -0.2) is 31.1 Å². The van der Waals surface area contributed by atoms with Gasteiger partial charge in [0, 0.05) is 25.7 Å². The van der Waals surface area contributed by atoms with Gasteiger partial charge in [-0.15, -0.1) is 0 Å². The zero-order chi connectivity index (χ0) is 11.7. The Morgan fingerprint density at radius 2 is 1.76 bits per heavy atom. The van der Waals surface area contributed by atoms with Gasteiger partial charge in [-0.05, 0) is 37.3 Å². The molecule has 92 valence electrons. The van der Waals surface area contributed by atoms with Gasteiger partial charge in [-0.1, -0.05) is 30.3 Å². The van der Waals surface area contributed by atoms with Gasteiger partial charge in [-0.2, -0.15) is 0 Å². The van der Waals surface area contributed by atoms with E-state index in [1.165, 1.54) is 31.5 Å². The minimum absolute atomic E-state index is 0.780. The van der Waals surface area contributed by atoms with Crippen molar-refractivity contribution in [2.75, 3.05) is 20.1 Å². The lowest BCUT2D eigenvalue weighted by Gasteiger charge is -2.38. The standard InChI is InChI=1S/C15H22N2/c1-16-15-13-7-8-14(15)11-17(10-13)9-12-5-3-2-4-6-12/h2-6,13-16H,7-11H2,1H3. The first-order chi connectivity index (χ1) is 8.36. The second kappa shape index (κ2) is 4.79. The number of benzene rings is 1. The molecule has 2 atom stereocenters. The molecule has 0 aromatic heterocycles. The molecule has 1 heterocycles. The maximum atomic E-state index is 3.52. The average molecular weight is 230 g/mol. The lowest BCUT2D eigenvalue weighted by atomic mass is 9.92. The van der Waals surface area contributed by atoms with Crippen molar-refractivity contribution in [3.63, 3.8) is 0 Å². The first-order valence-electron chi connectivity index (χ1n) is 6.80. The highest BCUT2D eigenvalue weighted by Gasteiger charge is 2.40. The van der Waals surface area contributed by atoms with E-state index in [-0.39, 0.29) is 0 Å². The molecule has 1 aliphatic heterocycles. The molecule has 0 amide bonds. The molecule has 17 heavy (non-hydrogen) atoms. The number of likely N-dealkylation sites (tertiary alicyclic amines) is 1. The average Bonchev–Trinajstić information content (AvgIpc) is 2.61. The van der Waals surface area contributed by atoms with Crippen LogP contribution in [-0.2, 0) is 6.54 Å². The molecule has 1 aromatic rings. The maximum absolute atomic E-state index is 3.52. The van der Waals surface area contributed by atoms with Crippen molar-refractivity contribution in [2.45, 2.75) is 25.4 Å². The van der Waals surface area contributed by atoms with E-state index in [0.717, 1.165) is 24.4 Å². The summed E-state index contributed by atoms with van der Waals surface area (Å²) in [6.07, 6.45) is 2.84. The minimum atomic E-state index is 0.780. The summed E-state index contributed by atoms with van der Waals surface area (Å²) in [6, 6.07) is 11.6. The van der Waals surface area contributed by atoms with Gasteiger partial charge in [-0.3, -0.25) is 4.90 Å². The monoisotopic (exact) mass is 230 g/mol. The Labute approximate surface area is 104 Å². The molecule has 2 nitrogen and oxygen atoms in total. The zero-order valence-corrected chi connectivity index (χ0v) is 10.6. The molecule has 1 N–H and O–H groups in total. The molecular weight excluding hydrogens is 208 g/mol. The van der Waals surface area contributed by atoms with E-state index in [0.29, 0.717) is 0 Å². The van der Waals surface area contributed by atoms with Crippen LogP contribution in [0, 0.1) is 11.8 Å². The van der Waals surface area contributed by atoms with Crippen LogP contribution in [0.5, 0.6) is 0 Å². The Bertz CT molecular complexity index is 348. The third kappa shape index (κ3) is 2.24. The number of fused-ring (bicyclic) bond motifs is 2. The van der Waals surface area contributed by atoms with Crippen LogP contribution in [0.3, 0.4) is 0 Å². The van der Waals surface area contributed by atoms with Crippen LogP contribution in [0.25, 0.3) is 0 Å². The van der Waals surface area contributed by atoms with Crippen LogP contribution in [0.4, 0.5) is 0 Å². The second-order valence-electron chi connectivity index (χ2n) is 5.59. The normalized spacial score (nSPS) is 32.9. The van der Waals surface area contributed by atoms with Gasteiger partial charge in [0.1, 0.15) is 0 Å². The number of hydrogen-bond donors (Lipinski definition) is 1. The summed E-state index contributed by atoms with van der Waals surface area (Å²) in [5, 5.41) is 3.52. The highest BCUT2D eigenvalue weighted by molar-refractivity contribution is 5.15. The molecule has 2 heteroatoms. The summed E-state index contributed by atoms with van der Waals surface area (Å²) in [5.41, 5.74) is 1.45. The van der Waals surface area contributed by atoms with E-state index in [9.17, 15) is 0 Å². The predicted molar refractivity (Wildman–Crippen MR) is 70.8 cm³/mol. The SMILES string of the molecule is CNC1C2CCC1CN(Cc1ccccc1)C2. The molecule has 2 aliphatic rings. The van der Waals surface area contributed by atoms with Crippen LogP contribution < -0.4 is 5.32 Å². The van der Waals surface area contributed by atoms with Gasteiger partial charge < -0.3 is 5.32 Å². The van der Waals surface area contributed by atoms with E-state index in [2.05, 4.69) is 47.6 Å². The van der Waals surface area contributed by atoms with Gasteiger partial charge in [0.05, 0.1) is 0 Å². The predicted octanol–water partition coefficient (Wildman–Crippen LogP) is 2.12. The Morgan fingerprint density at radius 3 is 2.35 bits per heavy atom. The van der Waals surface area contributed by atoms with E-state index in [1.54, 1.807) is 0 Å². The van der Waals surface area contributed by atoms with Crippen molar-refractivity contribution < 1.29 is 0 Å². The summed E-state index contributed by atoms with van der Waals surface area (Å²) in [6.45, 7) is 3.68. The maximum Gasteiger partial charge on any atom is 0.0233 e. The van der Waals surface area contributed by atoms with Crippen molar-refractivity contribution in [1.82, 2.24) is 10.2 Å². The molecule has 1 aromatic carbocycles. The largest absolute Gasteiger partial charge is 0.316 e. The van der Waals surface area contributed by atoms with Crippen molar-refractivity contribution in [3.8, 4) is 0 Å². The first kappa shape index (κ1) is 11.2. The smallest absolute Gasteiger partial charge is 0.0233 e. The fraction of sp³-hybridized carbons (Fsp3) is 0.600. The second-order valence-corrected chi connectivity index (χ2v) is 5.59. The third-order valence-corrected chi connectivity index (χ3v) is 4.49. The molecule has 2 bridgehead atoms. The molecule has 0 radical (unpaired) electrons. The lowest BCUT2D eigenvalue weighted by molar-refractivity contribution is 0.127. The van der Waals surface area contributed by atoms with Crippen LogP contribution in [0.1, 0.15) is 18.4 Å². The Morgan fingerprint density at radius 1 is 1.12 bits per heavy atom.